The lowest BCUT2D eigenvalue weighted by molar-refractivity contribution is -0.137. The molecule has 2 aliphatic heterocycles. The standard InChI is InChI=1S/C22H25F3N4O/c23-22(24,25)18-7-3-5-16(13-18)20-21(27-9-8-26-20)17-6-4-12-29(14-17)19(30)15-28-10-1-2-11-28/h3,5,7-9,13,17H,1-2,4,6,10-12,14-15H2. The number of carbonyl (C=O) groups is 1. The molecular weight excluding hydrogens is 393 g/mol. The summed E-state index contributed by atoms with van der Waals surface area (Å²) in [5.41, 5.74) is 0.814. The van der Waals surface area contributed by atoms with E-state index in [0.717, 1.165) is 50.9 Å². The van der Waals surface area contributed by atoms with Gasteiger partial charge in [0.15, 0.2) is 0 Å². The van der Waals surface area contributed by atoms with Gasteiger partial charge in [-0.05, 0) is 50.9 Å². The number of hydrogen-bond donors (Lipinski definition) is 0. The van der Waals surface area contributed by atoms with Crippen LogP contribution in [0, 0.1) is 0 Å². The van der Waals surface area contributed by atoms with E-state index in [2.05, 4.69) is 14.9 Å². The molecule has 3 heterocycles. The van der Waals surface area contributed by atoms with Crippen LogP contribution in [0.4, 0.5) is 13.2 Å². The number of piperidine rings is 1. The Morgan fingerprint density at radius 2 is 1.83 bits per heavy atom. The molecule has 0 radical (unpaired) electrons. The molecule has 160 valence electrons. The first kappa shape index (κ1) is 20.8. The number of likely N-dealkylation sites (tertiary alicyclic amines) is 2. The Kier molecular flexibility index (Phi) is 6.04. The number of halogens is 3. The summed E-state index contributed by atoms with van der Waals surface area (Å²) < 4.78 is 39.5. The van der Waals surface area contributed by atoms with Crippen LogP contribution in [0.25, 0.3) is 11.3 Å². The summed E-state index contributed by atoms with van der Waals surface area (Å²) in [6.45, 7) is 3.60. The second-order valence-corrected chi connectivity index (χ2v) is 8.03. The van der Waals surface area contributed by atoms with E-state index in [0.29, 0.717) is 36.6 Å². The van der Waals surface area contributed by atoms with Gasteiger partial charge in [-0.25, -0.2) is 0 Å². The highest BCUT2D eigenvalue weighted by molar-refractivity contribution is 5.78. The molecule has 0 bridgehead atoms. The van der Waals surface area contributed by atoms with Crippen molar-refractivity contribution < 1.29 is 18.0 Å². The molecule has 0 saturated carbocycles. The lowest BCUT2D eigenvalue weighted by atomic mass is 9.91. The highest BCUT2D eigenvalue weighted by Crippen LogP contribution is 2.35. The summed E-state index contributed by atoms with van der Waals surface area (Å²) in [7, 11) is 0. The van der Waals surface area contributed by atoms with Crippen LogP contribution in [-0.2, 0) is 11.0 Å². The van der Waals surface area contributed by atoms with E-state index < -0.39 is 11.7 Å². The van der Waals surface area contributed by atoms with Gasteiger partial charge < -0.3 is 4.90 Å². The van der Waals surface area contributed by atoms with Crippen molar-refractivity contribution in [2.45, 2.75) is 37.8 Å². The van der Waals surface area contributed by atoms with E-state index in [-0.39, 0.29) is 11.8 Å². The predicted octanol–water partition coefficient (Wildman–Crippen LogP) is 3.96. The van der Waals surface area contributed by atoms with Gasteiger partial charge in [0.2, 0.25) is 5.91 Å². The molecule has 30 heavy (non-hydrogen) atoms. The zero-order valence-corrected chi connectivity index (χ0v) is 16.7. The number of hydrogen-bond acceptors (Lipinski definition) is 4. The van der Waals surface area contributed by atoms with Crippen LogP contribution < -0.4 is 0 Å². The van der Waals surface area contributed by atoms with Crippen LogP contribution in [0.15, 0.2) is 36.7 Å². The van der Waals surface area contributed by atoms with E-state index in [1.54, 1.807) is 12.3 Å². The Balaban J connectivity index is 1.55. The fraction of sp³-hybridized carbons (Fsp3) is 0.500. The highest BCUT2D eigenvalue weighted by atomic mass is 19.4. The molecule has 0 aliphatic carbocycles. The number of aromatic nitrogens is 2. The molecule has 8 heteroatoms. The fourth-order valence-corrected chi connectivity index (χ4v) is 4.37. The zero-order chi connectivity index (χ0) is 21.1. The normalized spacial score (nSPS) is 20.5. The van der Waals surface area contributed by atoms with Crippen LogP contribution in [0.1, 0.15) is 42.9 Å². The maximum Gasteiger partial charge on any atom is 0.416 e. The molecule has 2 fully saturated rings. The van der Waals surface area contributed by atoms with Crippen molar-refractivity contribution in [1.29, 1.82) is 0 Å². The molecule has 1 aromatic carbocycles. The molecule has 4 rings (SSSR count). The van der Waals surface area contributed by atoms with Crippen molar-refractivity contribution in [1.82, 2.24) is 19.8 Å². The Hall–Kier alpha value is -2.48. The van der Waals surface area contributed by atoms with E-state index in [9.17, 15) is 18.0 Å². The van der Waals surface area contributed by atoms with Crippen LogP contribution in [0.3, 0.4) is 0 Å². The molecule has 2 saturated heterocycles. The Bertz CT molecular complexity index is 896. The first-order chi connectivity index (χ1) is 14.4. The molecule has 1 aromatic heterocycles. The van der Waals surface area contributed by atoms with Crippen molar-refractivity contribution in [3.63, 3.8) is 0 Å². The topological polar surface area (TPSA) is 49.3 Å². The van der Waals surface area contributed by atoms with Crippen molar-refractivity contribution in [2.75, 3.05) is 32.7 Å². The third kappa shape index (κ3) is 4.64. The summed E-state index contributed by atoms with van der Waals surface area (Å²) in [5, 5.41) is 0. The smallest absolute Gasteiger partial charge is 0.341 e. The van der Waals surface area contributed by atoms with Crippen molar-refractivity contribution in [3.05, 3.63) is 47.9 Å². The SMILES string of the molecule is O=C(CN1CCCC1)N1CCCC(c2nccnc2-c2cccc(C(F)(F)F)c2)C1. The minimum absolute atomic E-state index is 0.0421. The molecule has 2 aliphatic rings. The van der Waals surface area contributed by atoms with Gasteiger partial charge in [-0.1, -0.05) is 12.1 Å². The summed E-state index contributed by atoms with van der Waals surface area (Å²) in [6, 6.07) is 5.19. The Morgan fingerprint density at radius 1 is 1.07 bits per heavy atom. The largest absolute Gasteiger partial charge is 0.416 e. The first-order valence-electron chi connectivity index (χ1n) is 10.4. The number of alkyl halides is 3. The quantitative estimate of drug-likeness (QED) is 0.754. The minimum Gasteiger partial charge on any atom is -0.341 e. The van der Waals surface area contributed by atoms with Crippen LogP contribution in [0.5, 0.6) is 0 Å². The highest BCUT2D eigenvalue weighted by Gasteiger charge is 2.32. The number of benzene rings is 1. The second-order valence-electron chi connectivity index (χ2n) is 8.03. The lowest BCUT2D eigenvalue weighted by Gasteiger charge is -2.34. The molecular formula is C22H25F3N4O. The lowest BCUT2D eigenvalue weighted by Crippen LogP contribution is -2.44. The summed E-state index contributed by atoms with van der Waals surface area (Å²) in [6.07, 6.45) is 2.59. The van der Waals surface area contributed by atoms with Gasteiger partial charge in [0, 0.05) is 37.0 Å². The van der Waals surface area contributed by atoms with Crippen molar-refractivity contribution in [2.24, 2.45) is 0 Å². The van der Waals surface area contributed by atoms with Gasteiger partial charge in [-0.15, -0.1) is 0 Å². The Morgan fingerprint density at radius 3 is 2.60 bits per heavy atom. The summed E-state index contributed by atoms with van der Waals surface area (Å²) >= 11 is 0. The van der Waals surface area contributed by atoms with Gasteiger partial charge in [0.25, 0.3) is 0 Å². The second kappa shape index (κ2) is 8.71. The summed E-state index contributed by atoms with van der Waals surface area (Å²) in [5.74, 6) is 0.0747. The number of nitrogens with zero attached hydrogens (tertiary/aromatic N) is 4. The Labute approximate surface area is 173 Å². The van der Waals surface area contributed by atoms with Gasteiger partial charge in [-0.3, -0.25) is 19.7 Å². The van der Waals surface area contributed by atoms with Gasteiger partial charge in [0.05, 0.1) is 23.5 Å². The summed E-state index contributed by atoms with van der Waals surface area (Å²) in [4.78, 5) is 25.7. The molecule has 1 amide bonds. The van der Waals surface area contributed by atoms with Crippen molar-refractivity contribution >= 4 is 5.91 Å². The van der Waals surface area contributed by atoms with Gasteiger partial charge >= 0.3 is 6.18 Å². The van der Waals surface area contributed by atoms with E-state index in [4.69, 9.17) is 0 Å². The molecule has 0 N–H and O–H groups in total. The maximum absolute atomic E-state index is 13.2. The van der Waals surface area contributed by atoms with E-state index in [1.165, 1.54) is 12.3 Å². The molecule has 0 spiro atoms. The van der Waals surface area contributed by atoms with E-state index in [1.807, 2.05) is 4.90 Å². The number of carbonyl (C=O) groups excluding carboxylic acids is 1. The molecule has 5 nitrogen and oxygen atoms in total. The van der Waals surface area contributed by atoms with Crippen molar-refractivity contribution in [3.8, 4) is 11.3 Å². The monoisotopic (exact) mass is 418 g/mol. The number of amides is 1. The maximum atomic E-state index is 13.2. The van der Waals surface area contributed by atoms with Crippen LogP contribution in [0.2, 0.25) is 0 Å². The average Bonchev–Trinajstić information content (AvgIpc) is 3.26. The zero-order valence-electron chi connectivity index (χ0n) is 16.7. The third-order valence-corrected chi connectivity index (χ3v) is 5.91. The minimum atomic E-state index is -4.41. The fourth-order valence-electron chi connectivity index (χ4n) is 4.37. The van der Waals surface area contributed by atoms with Crippen LogP contribution >= 0.6 is 0 Å². The van der Waals surface area contributed by atoms with E-state index >= 15 is 0 Å². The first-order valence-corrected chi connectivity index (χ1v) is 10.4. The average molecular weight is 418 g/mol. The predicted molar refractivity (Wildman–Crippen MR) is 107 cm³/mol. The molecule has 1 atom stereocenters. The van der Waals surface area contributed by atoms with Gasteiger partial charge in [0.1, 0.15) is 0 Å². The van der Waals surface area contributed by atoms with Gasteiger partial charge in [-0.2, -0.15) is 13.2 Å². The number of rotatable bonds is 4. The van der Waals surface area contributed by atoms with Crippen LogP contribution in [-0.4, -0.2) is 58.4 Å². The third-order valence-electron chi connectivity index (χ3n) is 5.91. The molecule has 1 unspecified atom stereocenters. The molecule has 2 aromatic rings.